The minimum Gasteiger partial charge on any atom is -0.497 e. The zero-order valence-electron chi connectivity index (χ0n) is 18.6. The van der Waals surface area contributed by atoms with Gasteiger partial charge in [0.1, 0.15) is 23.1 Å². The molecule has 0 spiro atoms. The molecule has 1 amide bonds. The summed E-state index contributed by atoms with van der Waals surface area (Å²) >= 11 is 0. The van der Waals surface area contributed by atoms with Gasteiger partial charge in [0.15, 0.2) is 6.61 Å². The molecule has 0 saturated carbocycles. The number of carbonyl (C=O) groups excluding carboxylic acids is 1. The minimum absolute atomic E-state index is 0.0739. The lowest BCUT2D eigenvalue weighted by Crippen LogP contribution is -2.50. The summed E-state index contributed by atoms with van der Waals surface area (Å²) < 4.78 is 29.6. The van der Waals surface area contributed by atoms with Crippen LogP contribution in [0.3, 0.4) is 0 Å². The summed E-state index contributed by atoms with van der Waals surface area (Å²) in [5.41, 5.74) is 1.01. The zero-order chi connectivity index (χ0) is 23.0. The van der Waals surface area contributed by atoms with Crippen molar-refractivity contribution in [3.8, 4) is 11.5 Å². The number of halogens is 1. The first-order valence-electron chi connectivity index (χ1n) is 10.9. The van der Waals surface area contributed by atoms with Gasteiger partial charge >= 0.3 is 0 Å². The smallest absolute Gasteiger partial charge is 0.258 e. The number of furan rings is 1. The van der Waals surface area contributed by atoms with Crippen LogP contribution in [-0.2, 0) is 4.79 Å². The number of piperazine rings is 1. The number of amides is 1. The molecular weight excluding hydrogens is 425 g/mol. The van der Waals surface area contributed by atoms with Crippen LogP contribution in [0.4, 0.5) is 10.1 Å². The van der Waals surface area contributed by atoms with Gasteiger partial charge in [-0.05, 0) is 60.7 Å². The highest BCUT2D eigenvalue weighted by atomic mass is 19.1. The van der Waals surface area contributed by atoms with Crippen LogP contribution in [0.2, 0.25) is 0 Å². The van der Waals surface area contributed by atoms with E-state index in [9.17, 15) is 9.18 Å². The lowest BCUT2D eigenvalue weighted by Gasteiger charge is -2.39. The number of ether oxygens (including phenoxy) is 2. The lowest BCUT2D eigenvalue weighted by atomic mass is 10.1. The third-order valence-corrected chi connectivity index (χ3v) is 5.74. The second-order valence-electron chi connectivity index (χ2n) is 7.80. The molecule has 2 aromatic carbocycles. The number of nitrogens with zero attached hydrogens (tertiary/aromatic N) is 2. The normalized spacial score (nSPS) is 15.2. The Kier molecular flexibility index (Phi) is 7.47. The standard InChI is InChI=1S/C25H28FN3O4/c1-31-21-8-10-22(11-9-21)33-18-25(30)27-17-23(24-3-2-16-32-24)29-14-12-28(13-15-29)20-6-4-19(26)5-7-20/h2-11,16,23H,12-15,17-18H2,1H3,(H,27,30). The van der Waals surface area contributed by atoms with Crippen molar-refractivity contribution in [2.45, 2.75) is 6.04 Å². The Morgan fingerprint density at radius 3 is 2.36 bits per heavy atom. The largest absolute Gasteiger partial charge is 0.497 e. The summed E-state index contributed by atoms with van der Waals surface area (Å²) in [5, 5.41) is 2.96. The van der Waals surface area contributed by atoms with Gasteiger partial charge in [0.2, 0.25) is 0 Å². The van der Waals surface area contributed by atoms with Crippen LogP contribution >= 0.6 is 0 Å². The van der Waals surface area contributed by atoms with Crippen LogP contribution in [0.1, 0.15) is 11.8 Å². The Hall–Kier alpha value is -3.52. The Balaban J connectivity index is 1.30. The van der Waals surface area contributed by atoms with Crippen LogP contribution in [0.15, 0.2) is 71.3 Å². The average Bonchev–Trinajstić information content (AvgIpc) is 3.39. The summed E-state index contributed by atoms with van der Waals surface area (Å²) in [6, 6.07) is 17.4. The summed E-state index contributed by atoms with van der Waals surface area (Å²) in [6.45, 7) is 3.53. The lowest BCUT2D eigenvalue weighted by molar-refractivity contribution is -0.123. The van der Waals surface area contributed by atoms with Gasteiger partial charge in [0, 0.05) is 38.4 Å². The van der Waals surface area contributed by atoms with Crippen molar-refractivity contribution in [3.63, 3.8) is 0 Å². The highest BCUT2D eigenvalue weighted by Crippen LogP contribution is 2.24. The first-order valence-corrected chi connectivity index (χ1v) is 10.9. The molecule has 1 aliphatic heterocycles. The van der Waals surface area contributed by atoms with Gasteiger partial charge in [-0.2, -0.15) is 0 Å². The highest BCUT2D eigenvalue weighted by Gasteiger charge is 2.27. The molecule has 1 fully saturated rings. The number of nitrogens with one attached hydrogen (secondary N) is 1. The van der Waals surface area contributed by atoms with Crippen molar-refractivity contribution in [2.75, 3.05) is 51.3 Å². The molecular formula is C25H28FN3O4. The Morgan fingerprint density at radius 1 is 1.03 bits per heavy atom. The summed E-state index contributed by atoms with van der Waals surface area (Å²) in [7, 11) is 1.60. The molecule has 1 saturated heterocycles. The van der Waals surface area contributed by atoms with E-state index in [-0.39, 0.29) is 24.4 Å². The molecule has 1 atom stereocenters. The van der Waals surface area contributed by atoms with E-state index in [0.717, 1.165) is 43.4 Å². The van der Waals surface area contributed by atoms with Gasteiger partial charge in [-0.1, -0.05) is 0 Å². The summed E-state index contributed by atoms with van der Waals surface area (Å²) in [5.74, 6) is 1.70. The average molecular weight is 454 g/mol. The van der Waals surface area contributed by atoms with Crippen molar-refractivity contribution in [1.29, 1.82) is 0 Å². The predicted octanol–water partition coefficient (Wildman–Crippen LogP) is 3.49. The molecule has 0 radical (unpaired) electrons. The summed E-state index contributed by atoms with van der Waals surface area (Å²) in [6.07, 6.45) is 1.64. The van der Waals surface area contributed by atoms with E-state index in [1.807, 2.05) is 12.1 Å². The SMILES string of the molecule is COc1ccc(OCC(=O)NCC(c2ccco2)N2CCN(c3ccc(F)cc3)CC2)cc1. The fourth-order valence-electron chi connectivity index (χ4n) is 3.92. The fourth-order valence-corrected chi connectivity index (χ4v) is 3.92. The topological polar surface area (TPSA) is 67.2 Å². The number of benzene rings is 2. The quantitative estimate of drug-likeness (QED) is 0.535. The van der Waals surface area contributed by atoms with E-state index in [2.05, 4.69) is 15.1 Å². The van der Waals surface area contributed by atoms with E-state index >= 15 is 0 Å². The number of carbonyl (C=O) groups is 1. The number of rotatable bonds is 9. The molecule has 0 aliphatic carbocycles. The highest BCUT2D eigenvalue weighted by molar-refractivity contribution is 5.77. The molecule has 1 N–H and O–H groups in total. The first-order chi connectivity index (χ1) is 16.1. The van der Waals surface area contributed by atoms with Crippen molar-refractivity contribution in [3.05, 3.63) is 78.5 Å². The monoisotopic (exact) mass is 453 g/mol. The van der Waals surface area contributed by atoms with Gasteiger partial charge < -0.3 is 24.1 Å². The molecule has 1 aliphatic rings. The van der Waals surface area contributed by atoms with Crippen LogP contribution in [0.5, 0.6) is 11.5 Å². The van der Waals surface area contributed by atoms with Crippen molar-refractivity contribution in [2.24, 2.45) is 0 Å². The number of methoxy groups -OCH3 is 1. The Bertz CT molecular complexity index is 1000. The van der Waals surface area contributed by atoms with Gasteiger partial charge in [-0.25, -0.2) is 4.39 Å². The molecule has 174 valence electrons. The van der Waals surface area contributed by atoms with Crippen LogP contribution in [0.25, 0.3) is 0 Å². The van der Waals surface area contributed by atoms with Crippen molar-refractivity contribution < 1.29 is 23.1 Å². The van der Waals surface area contributed by atoms with Gasteiger partial charge in [-0.3, -0.25) is 9.69 Å². The van der Waals surface area contributed by atoms with E-state index in [4.69, 9.17) is 13.9 Å². The van der Waals surface area contributed by atoms with E-state index in [1.54, 1.807) is 49.8 Å². The molecule has 1 unspecified atom stereocenters. The molecule has 8 heteroatoms. The van der Waals surface area contributed by atoms with Crippen LogP contribution < -0.4 is 19.7 Å². The van der Waals surface area contributed by atoms with Gasteiger partial charge in [0.05, 0.1) is 19.4 Å². The maximum atomic E-state index is 13.2. The first kappa shape index (κ1) is 22.7. The number of anilines is 1. The Morgan fingerprint density at radius 2 is 1.73 bits per heavy atom. The number of hydrogen-bond acceptors (Lipinski definition) is 6. The maximum absolute atomic E-state index is 13.2. The van der Waals surface area contributed by atoms with Crippen molar-refractivity contribution >= 4 is 11.6 Å². The van der Waals surface area contributed by atoms with Crippen LogP contribution in [-0.4, -0.2) is 57.2 Å². The molecule has 3 aromatic rings. The van der Waals surface area contributed by atoms with E-state index in [1.165, 1.54) is 12.1 Å². The Labute approximate surface area is 192 Å². The molecule has 2 heterocycles. The second-order valence-corrected chi connectivity index (χ2v) is 7.80. The summed E-state index contributed by atoms with van der Waals surface area (Å²) in [4.78, 5) is 16.9. The predicted molar refractivity (Wildman–Crippen MR) is 123 cm³/mol. The molecule has 33 heavy (non-hydrogen) atoms. The van der Waals surface area contributed by atoms with E-state index in [0.29, 0.717) is 12.3 Å². The molecule has 0 bridgehead atoms. The maximum Gasteiger partial charge on any atom is 0.258 e. The zero-order valence-corrected chi connectivity index (χ0v) is 18.6. The van der Waals surface area contributed by atoms with E-state index < -0.39 is 0 Å². The third kappa shape index (κ3) is 6.04. The van der Waals surface area contributed by atoms with Gasteiger partial charge in [-0.15, -0.1) is 0 Å². The van der Waals surface area contributed by atoms with Crippen LogP contribution in [0, 0.1) is 5.82 Å². The van der Waals surface area contributed by atoms with Crippen molar-refractivity contribution in [1.82, 2.24) is 10.2 Å². The molecule has 4 rings (SSSR count). The minimum atomic E-state index is -0.234. The van der Waals surface area contributed by atoms with Gasteiger partial charge in [0.25, 0.3) is 5.91 Å². The fraction of sp³-hybridized carbons (Fsp3) is 0.320. The third-order valence-electron chi connectivity index (χ3n) is 5.74. The molecule has 7 nitrogen and oxygen atoms in total. The second kappa shape index (κ2) is 10.9. The molecule has 1 aromatic heterocycles. The number of hydrogen-bond donors (Lipinski definition) is 1.